The second-order valence-electron chi connectivity index (χ2n) is 5.11. The van der Waals surface area contributed by atoms with Crippen molar-refractivity contribution in [1.29, 1.82) is 0 Å². The molecule has 1 aliphatic rings. The molecule has 2 atom stereocenters. The van der Waals surface area contributed by atoms with Crippen LogP contribution < -0.4 is 5.32 Å². The molecule has 0 radical (unpaired) electrons. The van der Waals surface area contributed by atoms with E-state index in [9.17, 15) is 10.1 Å². The van der Waals surface area contributed by atoms with Crippen LogP contribution >= 0.6 is 0 Å². The van der Waals surface area contributed by atoms with Gasteiger partial charge < -0.3 is 5.32 Å². The standard InChI is InChI=1S/C14H20N2O2/c1-10-11(5-4-8-14(10)16(17)18)9-12-6-3-7-13(12)15-2/h4-5,8,12-13,15H,3,6-7,9H2,1-2H3. The first-order valence-corrected chi connectivity index (χ1v) is 6.53. The van der Waals surface area contributed by atoms with Crippen molar-refractivity contribution in [2.75, 3.05) is 7.05 Å². The largest absolute Gasteiger partial charge is 0.317 e. The van der Waals surface area contributed by atoms with Crippen LogP contribution in [0.15, 0.2) is 18.2 Å². The molecule has 0 bridgehead atoms. The summed E-state index contributed by atoms with van der Waals surface area (Å²) in [6.45, 7) is 1.86. The van der Waals surface area contributed by atoms with Crippen LogP contribution in [0.25, 0.3) is 0 Å². The van der Waals surface area contributed by atoms with Gasteiger partial charge in [0, 0.05) is 17.7 Å². The molecule has 0 heterocycles. The Labute approximate surface area is 108 Å². The Morgan fingerprint density at radius 3 is 2.89 bits per heavy atom. The van der Waals surface area contributed by atoms with E-state index < -0.39 is 0 Å². The first kappa shape index (κ1) is 13.0. The molecule has 0 spiro atoms. The van der Waals surface area contributed by atoms with Crippen molar-refractivity contribution in [2.45, 2.75) is 38.6 Å². The van der Waals surface area contributed by atoms with Crippen molar-refractivity contribution in [3.8, 4) is 0 Å². The molecule has 18 heavy (non-hydrogen) atoms. The predicted molar refractivity (Wildman–Crippen MR) is 71.7 cm³/mol. The minimum Gasteiger partial charge on any atom is -0.317 e. The average molecular weight is 248 g/mol. The van der Waals surface area contributed by atoms with Crippen molar-refractivity contribution in [3.63, 3.8) is 0 Å². The van der Waals surface area contributed by atoms with Crippen LogP contribution in [0.1, 0.15) is 30.4 Å². The van der Waals surface area contributed by atoms with Crippen LogP contribution in [0.4, 0.5) is 5.69 Å². The zero-order valence-corrected chi connectivity index (χ0v) is 11.0. The number of rotatable bonds is 4. The van der Waals surface area contributed by atoms with Gasteiger partial charge in [0.25, 0.3) is 5.69 Å². The highest BCUT2D eigenvalue weighted by Gasteiger charge is 2.27. The lowest BCUT2D eigenvalue weighted by Gasteiger charge is -2.19. The third-order valence-corrected chi connectivity index (χ3v) is 4.13. The van der Waals surface area contributed by atoms with Crippen LogP contribution in [0, 0.1) is 23.0 Å². The van der Waals surface area contributed by atoms with E-state index in [1.807, 2.05) is 20.0 Å². The van der Waals surface area contributed by atoms with Gasteiger partial charge in [-0.1, -0.05) is 18.6 Å². The van der Waals surface area contributed by atoms with Crippen molar-refractivity contribution in [1.82, 2.24) is 5.32 Å². The summed E-state index contributed by atoms with van der Waals surface area (Å²) in [6.07, 6.45) is 4.63. The third-order valence-electron chi connectivity index (χ3n) is 4.13. The Balaban J connectivity index is 2.19. The van der Waals surface area contributed by atoms with Gasteiger partial charge in [0.15, 0.2) is 0 Å². The van der Waals surface area contributed by atoms with Gasteiger partial charge in [-0.3, -0.25) is 10.1 Å². The number of benzene rings is 1. The molecule has 4 heteroatoms. The van der Waals surface area contributed by atoms with Crippen LogP contribution in [-0.4, -0.2) is 18.0 Å². The molecule has 0 amide bonds. The van der Waals surface area contributed by atoms with Crippen LogP contribution in [0.2, 0.25) is 0 Å². The molecule has 2 rings (SSSR count). The third kappa shape index (κ3) is 2.53. The van der Waals surface area contributed by atoms with Gasteiger partial charge in [-0.2, -0.15) is 0 Å². The van der Waals surface area contributed by atoms with Gasteiger partial charge in [-0.05, 0) is 44.7 Å². The number of nitrogens with one attached hydrogen (secondary N) is 1. The molecule has 2 unspecified atom stereocenters. The highest BCUT2D eigenvalue weighted by Crippen LogP contribution is 2.31. The fourth-order valence-corrected chi connectivity index (χ4v) is 3.03. The van der Waals surface area contributed by atoms with Crippen LogP contribution in [0.5, 0.6) is 0 Å². The van der Waals surface area contributed by atoms with Gasteiger partial charge in [0.05, 0.1) is 4.92 Å². The van der Waals surface area contributed by atoms with Crippen molar-refractivity contribution < 1.29 is 4.92 Å². The van der Waals surface area contributed by atoms with E-state index in [2.05, 4.69) is 5.32 Å². The minimum absolute atomic E-state index is 0.242. The van der Waals surface area contributed by atoms with E-state index >= 15 is 0 Å². The molecule has 4 nitrogen and oxygen atoms in total. The Morgan fingerprint density at radius 1 is 1.44 bits per heavy atom. The topological polar surface area (TPSA) is 55.2 Å². The van der Waals surface area contributed by atoms with E-state index in [-0.39, 0.29) is 10.6 Å². The fraction of sp³-hybridized carbons (Fsp3) is 0.571. The molecular weight excluding hydrogens is 228 g/mol. The molecular formula is C14H20N2O2. The molecule has 1 N–H and O–H groups in total. The summed E-state index contributed by atoms with van der Waals surface area (Å²) in [6, 6.07) is 5.96. The van der Waals surface area contributed by atoms with Gasteiger partial charge in [0.2, 0.25) is 0 Å². The number of nitro benzene ring substituents is 1. The Morgan fingerprint density at radius 2 is 2.22 bits per heavy atom. The summed E-state index contributed by atoms with van der Waals surface area (Å²) in [7, 11) is 2.00. The summed E-state index contributed by atoms with van der Waals surface area (Å²) in [4.78, 5) is 10.6. The molecule has 1 aromatic rings. The second kappa shape index (κ2) is 5.48. The zero-order chi connectivity index (χ0) is 13.1. The Hall–Kier alpha value is -1.42. The van der Waals surface area contributed by atoms with Gasteiger partial charge in [-0.15, -0.1) is 0 Å². The maximum absolute atomic E-state index is 10.9. The zero-order valence-electron chi connectivity index (χ0n) is 11.0. The van der Waals surface area contributed by atoms with E-state index in [1.165, 1.54) is 19.3 Å². The smallest absolute Gasteiger partial charge is 0.272 e. The van der Waals surface area contributed by atoms with E-state index in [1.54, 1.807) is 12.1 Å². The molecule has 0 aromatic heterocycles. The number of nitro groups is 1. The second-order valence-corrected chi connectivity index (χ2v) is 5.11. The molecule has 0 aliphatic heterocycles. The molecule has 1 aromatic carbocycles. The Kier molecular flexibility index (Phi) is 3.97. The lowest BCUT2D eigenvalue weighted by Crippen LogP contribution is -2.30. The molecule has 1 saturated carbocycles. The van der Waals surface area contributed by atoms with Crippen molar-refractivity contribution in [2.24, 2.45) is 5.92 Å². The Bertz CT molecular complexity index is 445. The lowest BCUT2D eigenvalue weighted by molar-refractivity contribution is -0.385. The lowest BCUT2D eigenvalue weighted by atomic mass is 9.92. The number of nitrogens with zero attached hydrogens (tertiary/aromatic N) is 1. The molecule has 0 saturated heterocycles. The highest BCUT2D eigenvalue weighted by molar-refractivity contribution is 5.44. The average Bonchev–Trinajstić information content (AvgIpc) is 2.78. The first-order valence-electron chi connectivity index (χ1n) is 6.53. The maximum atomic E-state index is 10.9. The normalized spacial score (nSPS) is 23.2. The SMILES string of the molecule is CNC1CCCC1Cc1cccc([N+](=O)[O-])c1C. The maximum Gasteiger partial charge on any atom is 0.272 e. The summed E-state index contributed by atoms with van der Waals surface area (Å²) in [5, 5.41) is 14.3. The van der Waals surface area contributed by atoms with Crippen LogP contribution in [0.3, 0.4) is 0 Å². The monoisotopic (exact) mass is 248 g/mol. The first-order chi connectivity index (χ1) is 8.63. The van der Waals surface area contributed by atoms with Gasteiger partial charge in [-0.25, -0.2) is 0 Å². The molecule has 1 fully saturated rings. The van der Waals surface area contributed by atoms with Gasteiger partial charge >= 0.3 is 0 Å². The minimum atomic E-state index is -0.289. The van der Waals surface area contributed by atoms with E-state index in [0.29, 0.717) is 12.0 Å². The van der Waals surface area contributed by atoms with Crippen molar-refractivity contribution >= 4 is 5.69 Å². The molecule has 98 valence electrons. The van der Waals surface area contributed by atoms with Crippen LogP contribution in [-0.2, 0) is 6.42 Å². The van der Waals surface area contributed by atoms with Gasteiger partial charge in [0.1, 0.15) is 0 Å². The quantitative estimate of drug-likeness (QED) is 0.658. The summed E-state index contributed by atoms with van der Waals surface area (Å²) in [5.74, 6) is 0.607. The predicted octanol–water partition coefficient (Wildman–Crippen LogP) is 2.83. The fourth-order valence-electron chi connectivity index (χ4n) is 3.03. The van der Waals surface area contributed by atoms with Crippen molar-refractivity contribution in [3.05, 3.63) is 39.4 Å². The number of hydrogen-bond donors (Lipinski definition) is 1. The number of hydrogen-bond acceptors (Lipinski definition) is 3. The molecule has 1 aliphatic carbocycles. The highest BCUT2D eigenvalue weighted by atomic mass is 16.6. The van der Waals surface area contributed by atoms with E-state index in [4.69, 9.17) is 0 Å². The summed E-state index contributed by atoms with van der Waals surface area (Å²) >= 11 is 0. The summed E-state index contributed by atoms with van der Waals surface area (Å²) < 4.78 is 0. The summed E-state index contributed by atoms with van der Waals surface area (Å²) in [5.41, 5.74) is 2.19. The van der Waals surface area contributed by atoms with E-state index in [0.717, 1.165) is 17.5 Å².